The van der Waals surface area contributed by atoms with Crippen LogP contribution in [0.5, 0.6) is 0 Å². The van der Waals surface area contributed by atoms with Gasteiger partial charge >= 0.3 is 6.03 Å². The summed E-state index contributed by atoms with van der Waals surface area (Å²) >= 11 is 0. The van der Waals surface area contributed by atoms with Gasteiger partial charge in [0.2, 0.25) is 0 Å². The minimum Gasteiger partial charge on any atom is -0.336 e. The fraction of sp³-hybridized carbons (Fsp3) is 0.150. The molecule has 0 aromatic heterocycles. The van der Waals surface area contributed by atoms with E-state index < -0.39 is 0 Å². The monoisotopic (exact) mass is 333 g/mol. The Bertz CT molecular complexity index is 814. The van der Waals surface area contributed by atoms with Crippen molar-refractivity contribution in [3.63, 3.8) is 0 Å². The van der Waals surface area contributed by atoms with Crippen LogP contribution in [-0.4, -0.2) is 17.9 Å². The quantitative estimate of drug-likeness (QED) is 0.641. The molecule has 0 saturated heterocycles. The normalized spacial score (nSPS) is 10.5. The van der Waals surface area contributed by atoms with Gasteiger partial charge in [-0.15, -0.1) is 0 Å². The topological polar surface area (TPSA) is 82.0 Å². The maximum Gasteiger partial charge on any atom is 0.319 e. The molecule has 0 aliphatic heterocycles. The van der Waals surface area contributed by atoms with Crippen LogP contribution in [0.1, 0.15) is 35.3 Å². The Hall–Kier alpha value is -3.39. The summed E-state index contributed by atoms with van der Waals surface area (Å²) in [5.74, 6) is -0.137. The molecule has 0 aliphatic carbocycles. The molecule has 0 unspecified atom stereocenters. The summed E-state index contributed by atoms with van der Waals surface area (Å²) in [6, 6.07) is 15.5. The molecule has 0 fully saturated rings. The lowest BCUT2D eigenvalue weighted by molar-refractivity contribution is 0.104. The van der Waals surface area contributed by atoms with E-state index in [4.69, 9.17) is 5.26 Å². The third-order valence-electron chi connectivity index (χ3n) is 3.31. The number of benzene rings is 2. The number of amides is 2. The predicted octanol–water partition coefficient (Wildman–Crippen LogP) is 3.98. The standard InChI is InChI=1S/C20H19N3O2/c1-14(2)22-20(25)23-18-10-8-17(9-11-18)19(24)12-7-15-3-5-16(13-21)6-4-15/h3-12,14H,1-2H3,(H2,22,23,25)/b12-7+. The van der Waals surface area contributed by atoms with Crippen molar-refractivity contribution in [1.29, 1.82) is 5.26 Å². The molecule has 5 heteroatoms. The first kappa shape index (κ1) is 18.0. The van der Waals surface area contributed by atoms with Crippen molar-refractivity contribution in [3.8, 4) is 6.07 Å². The molecule has 0 heterocycles. The lowest BCUT2D eigenvalue weighted by atomic mass is 10.1. The number of nitrogens with zero attached hydrogens (tertiary/aromatic N) is 1. The lowest BCUT2D eigenvalue weighted by Gasteiger charge is -2.10. The molecule has 25 heavy (non-hydrogen) atoms. The van der Waals surface area contributed by atoms with Crippen LogP contribution in [0.3, 0.4) is 0 Å². The summed E-state index contributed by atoms with van der Waals surface area (Å²) in [6.45, 7) is 3.75. The maximum absolute atomic E-state index is 12.2. The largest absolute Gasteiger partial charge is 0.336 e. The molecular weight excluding hydrogens is 314 g/mol. The molecule has 0 aliphatic rings. The Morgan fingerprint density at radius 3 is 2.24 bits per heavy atom. The average molecular weight is 333 g/mol. The number of urea groups is 1. The molecule has 0 bridgehead atoms. The summed E-state index contributed by atoms with van der Waals surface area (Å²) in [4.78, 5) is 23.8. The van der Waals surface area contributed by atoms with Crippen LogP contribution >= 0.6 is 0 Å². The predicted molar refractivity (Wildman–Crippen MR) is 98.3 cm³/mol. The van der Waals surface area contributed by atoms with Gasteiger partial charge in [0, 0.05) is 17.3 Å². The number of ketones is 1. The van der Waals surface area contributed by atoms with Crippen LogP contribution in [-0.2, 0) is 0 Å². The van der Waals surface area contributed by atoms with Crippen molar-refractivity contribution in [1.82, 2.24) is 5.32 Å². The van der Waals surface area contributed by atoms with Gasteiger partial charge in [0.1, 0.15) is 0 Å². The Kier molecular flexibility index (Phi) is 6.08. The molecule has 2 amide bonds. The summed E-state index contributed by atoms with van der Waals surface area (Å²) in [5.41, 5.74) is 2.56. The molecule has 2 aromatic rings. The molecule has 0 radical (unpaired) electrons. The number of hydrogen-bond acceptors (Lipinski definition) is 3. The van der Waals surface area contributed by atoms with E-state index in [9.17, 15) is 9.59 Å². The first-order valence-electron chi connectivity index (χ1n) is 7.88. The number of allylic oxidation sites excluding steroid dienone is 1. The van der Waals surface area contributed by atoms with E-state index in [-0.39, 0.29) is 17.9 Å². The van der Waals surface area contributed by atoms with E-state index in [0.29, 0.717) is 16.8 Å². The SMILES string of the molecule is CC(C)NC(=O)Nc1ccc(C(=O)/C=C/c2ccc(C#N)cc2)cc1. The molecule has 2 aromatic carbocycles. The molecule has 0 atom stereocenters. The maximum atomic E-state index is 12.2. The van der Waals surface area contributed by atoms with Crippen molar-refractivity contribution in [2.45, 2.75) is 19.9 Å². The van der Waals surface area contributed by atoms with Crippen LogP contribution in [0.15, 0.2) is 54.6 Å². The summed E-state index contributed by atoms with van der Waals surface area (Å²) in [6.07, 6.45) is 3.18. The Morgan fingerprint density at radius 1 is 1.04 bits per heavy atom. The van der Waals surface area contributed by atoms with Gasteiger partial charge in [-0.3, -0.25) is 4.79 Å². The van der Waals surface area contributed by atoms with E-state index in [1.165, 1.54) is 6.08 Å². The number of anilines is 1. The molecule has 2 N–H and O–H groups in total. The number of hydrogen-bond donors (Lipinski definition) is 2. The van der Waals surface area contributed by atoms with E-state index in [0.717, 1.165) is 5.56 Å². The zero-order chi connectivity index (χ0) is 18.2. The smallest absolute Gasteiger partial charge is 0.319 e. The van der Waals surface area contributed by atoms with E-state index in [1.54, 1.807) is 54.6 Å². The van der Waals surface area contributed by atoms with Gasteiger partial charge in [-0.05, 0) is 61.9 Å². The molecule has 126 valence electrons. The molecular formula is C20H19N3O2. The Labute approximate surface area is 147 Å². The fourth-order valence-electron chi connectivity index (χ4n) is 2.08. The van der Waals surface area contributed by atoms with Crippen LogP contribution in [0.25, 0.3) is 6.08 Å². The number of nitriles is 1. The van der Waals surface area contributed by atoms with Crippen LogP contribution in [0.4, 0.5) is 10.5 Å². The number of nitrogens with one attached hydrogen (secondary N) is 2. The van der Waals surface area contributed by atoms with E-state index in [1.807, 2.05) is 19.9 Å². The lowest BCUT2D eigenvalue weighted by Crippen LogP contribution is -2.34. The highest BCUT2D eigenvalue weighted by molar-refractivity contribution is 6.07. The summed E-state index contributed by atoms with van der Waals surface area (Å²) < 4.78 is 0. The van der Waals surface area contributed by atoms with Gasteiger partial charge in [-0.25, -0.2) is 4.79 Å². The van der Waals surface area contributed by atoms with Crippen LogP contribution in [0, 0.1) is 11.3 Å². The average Bonchev–Trinajstić information content (AvgIpc) is 2.60. The number of carbonyl (C=O) groups excluding carboxylic acids is 2. The second kappa shape index (κ2) is 8.46. The third kappa shape index (κ3) is 5.63. The fourth-order valence-corrected chi connectivity index (χ4v) is 2.08. The molecule has 0 saturated carbocycles. The van der Waals surface area contributed by atoms with E-state index in [2.05, 4.69) is 10.6 Å². The van der Waals surface area contributed by atoms with Crippen molar-refractivity contribution in [2.75, 3.05) is 5.32 Å². The molecule has 5 nitrogen and oxygen atoms in total. The zero-order valence-corrected chi connectivity index (χ0v) is 14.1. The summed E-state index contributed by atoms with van der Waals surface area (Å²) in [7, 11) is 0. The second-order valence-electron chi connectivity index (χ2n) is 5.76. The van der Waals surface area contributed by atoms with Crippen molar-refractivity contribution in [2.24, 2.45) is 0 Å². The minimum absolute atomic E-state index is 0.0493. The molecule has 2 rings (SSSR count). The van der Waals surface area contributed by atoms with Gasteiger partial charge in [-0.2, -0.15) is 5.26 Å². The second-order valence-corrected chi connectivity index (χ2v) is 5.76. The van der Waals surface area contributed by atoms with Crippen LogP contribution in [0.2, 0.25) is 0 Å². The first-order valence-corrected chi connectivity index (χ1v) is 7.88. The van der Waals surface area contributed by atoms with Gasteiger partial charge in [0.15, 0.2) is 5.78 Å². The number of carbonyl (C=O) groups is 2. The minimum atomic E-state index is -0.283. The van der Waals surface area contributed by atoms with Gasteiger partial charge in [-0.1, -0.05) is 18.2 Å². The summed E-state index contributed by atoms with van der Waals surface area (Å²) in [5, 5.41) is 14.2. The molecule has 0 spiro atoms. The van der Waals surface area contributed by atoms with Gasteiger partial charge in [0.05, 0.1) is 11.6 Å². The van der Waals surface area contributed by atoms with Gasteiger partial charge < -0.3 is 10.6 Å². The van der Waals surface area contributed by atoms with Gasteiger partial charge in [0.25, 0.3) is 0 Å². The number of rotatable bonds is 5. The zero-order valence-electron chi connectivity index (χ0n) is 14.1. The van der Waals surface area contributed by atoms with Crippen molar-refractivity contribution >= 4 is 23.6 Å². The Balaban J connectivity index is 1.98. The highest BCUT2D eigenvalue weighted by Crippen LogP contribution is 2.12. The van der Waals surface area contributed by atoms with Crippen LogP contribution < -0.4 is 10.6 Å². The van der Waals surface area contributed by atoms with Crippen molar-refractivity contribution < 1.29 is 9.59 Å². The Morgan fingerprint density at radius 2 is 1.68 bits per heavy atom. The third-order valence-corrected chi connectivity index (χ3v) is 3.31. The van der Waals surface area contributed by atoms with Crippen molar-refractivity contribution in [3.05, 3.63) is 71.3 Å². The van der Waals surface area contributed by atoms with E-state index >= 15 is 0 Å². The highest BCUT2D eigenvalue weighted by atomic mass is 16.2. The first-order chi connectivity index (χ1) is 12.0. The highest BCUT2D eigenvalue weighted by Gasteiger charge is 2.05.